The molecule has 1 aromatic carbocycles. The largest absolute Gasteiger partial charge is 0.493 e. The van der Waals surface area contributed by atoms with E-state index in [1.807, 2.05) is 10.8 Å². The zero-order valence-electron chi connectivity index (χ0n) is 18.3. The fourth-order valence-corrected chi connectivity index (χ4v) is 3.80. The standard InChI is InChI=1S/C22H24N8O3/c1-14(2)29-13-23-26-22(29)30-11-16-5-8-33-19-4-3-15(9-18(19)20(16)27-30)21(32)25-17-10-24-28(12-17)6-7-31/h3-4,9-14,31H,5-8H2,1-2H3,(H,25,32). The van der Waals surface area contributed by atoms with Gasteiger partial charge in [-0.15, -0.1) is 10.2 Å². The number of nitrogens with zero attached hydrogens (tertiary/aromatic N) is 7. The van der Waals surface area contributed by atoms with Crippen molar-refractivity contribution in [3.63, 3.8) is 0 Å². The lowest BCUT2D eigenvalue weighted by Gasteiger charge is -2.11. The summed E-state index contributed by atoms with van der Waals surface area (Å²) in [4.78, 5) is 12.9. The Balaban J connectivity index is 1.48. The van der Waals surface area contributed by atoms with E-state index in [1.165, 1.54) is 0 Å². The zero-order chi connectivity index (χ0) is 22.9. The van der Waals surface area contributed by atoms with Gasteiger partial charge in [0.25, 0.3) is 11.9 Å². The lowest BCUT2D eigenvalue weighted by Crippen LogP contribution is -2.12. The first kappa shape index (κ1) is 20.9. The maximum absolute atomic E-state index is 12.9. The Morgan fingerprint density at radius 3 is 3.00 bits per heavy atom. The number of hydrogen-bond donors (Lipinski definition) is 2. The molecule has 11 nitrogen and oxygen atoms in total. The summed E-state index contributed by atoms with van der Waals surface area (Å²) in [5.41, 5.74) is 3.54. The van der Waals surface area contributed by atoms with Gasteiger partial charge in [-0.1, -0.05) is 0 Å². The zero-order valence-corrected chi connectivity index (χ0v) is 18.3. The molecule has 0 atom stereocenters. The van der Waals surface area contributed by atoms with Crippen molar-refractivity contribution >= 4 is 11.6 Å². The number of aromatic nitrogens is 7. The second-order valence-electron chi connectivity index (χ2n) is 8.06. The highest BCUT2D eigenvalue weighted by molar-refractivity contribution is 6.05. The Labute approximate surface area is 189 Å². The molecule has 170 valence electrons. The van der Waals surface area contributed by atoms with E-state index < -0.39 is 0 Å². The van der Waals surface area contributed by atoms with E-state index in [0.29, 0.717) is 42.5 Å². The lowest BCUT2D eigenvalue weighted by atomic mass is 10.0. The second kappa shape index (κ2) is 8.51. The number of carbonyl (C=O) groups is 1. The van der Waals surface area contributed by atoms with Crippen molar-refractivity contribution < 1.29 is 14.6 Å². The molecule has 4 heterocycles. The molecule has 0 saturated carbocycles. The van der Waals surface area contributed by atoms with E-state index in [2.05, 4.69) is 34.5 Å². The molecule has 0 spiro atoms. The van der Waals surface area contributed by atoms with Gasteiger partial charge in [-0.05, 0) is 32.0 Å². The van der Waals surface area contributed by atoms with E-state index in [0.717, 1.165) is 16.8 Å². The van der Waals surface area contributed by atoms with E-state index in [1.54, 1.807) is 46.3 Å². The minimum absolute atomic E-state index is 0.0255. The van der Waals surface area contributed by atoms with Gasteiger partial charge in [0.05, 0.1) is 37.3 Å². The van der Waals surface area contributed by atoms with Gasteiger partial charge >= 0.3 is 0 Å². The topological polar surface area (TPSA) is 125 Å². The van der Waals surface area contributed by atoms with Crippen LogP contribution in [-0.2, 0) is 13.0 Å². The molecule has 4 aromatic rings. The maximum Gasteiger partial charge on any atom is 0.255 e. The molecule has 3 aromatic heterocycles. The van der Waals surface area contributed by atoms with Crippen LogP contribution in [0.15, 0.2) is 43.1 Å². The molecule has 2 N–H and O–H groups in total. The molecule has 1 aliphatic rings. The summed E-state index contributed by atoms with van der Waals surface area (Å²) >= 11 is 0. The highest BCUT2D eigenvalue weighted by atomic mass is 16.5. The van der Waals surface area contributed by atoms with Gasteiger partial charge in [0.15, 0.2) is 0 Å². The van der Waals surface area contributed by atoms with Crippen LogP contribution < -0.4 is 10.1 Å². The predicted molar refractivity (Wildman–Crippen MR) is 119 cm³/mol. The minimum Gasteiger partial charge on any atom is -0.493 e. The average Bonchev–Trinajstić information content (AvgIpc) is 3.52. The van der Waals surface area contributed by atoms with Crippen molar-refractivity contribution in [2.45, 2.75) is 32.9 Å². The molecule has 11 heteroatoms. The Morgan fingerprint density at radius 1 is 1.30 bits per heavy atom. The minimum atomic E-state index is -0.272. The van der Waals surface area contributed by atoms with Crippen LogP contribution in [0.4, 0.5) is 5.69 Å². The quantitative estimate of drug-likeness (QED) is 0.463. The van der Waals surface area contributed by atoms with E-state index in [9.17, 15) is 4.79 Å². The molecule has 0 radical (unpaired) electrons. The molecule has 0 aliphatic carbocycles. The van der Waals surface area contributed by atoms with Crippen LogP contribution in [0.5, 0.6) is 5.75 Å². The van der Waals surface area contributed by atoms with Crippen LogP contribution in [0.3, 0.4) is 0 Å². The van der Waals surface area contributed by atoms with E-state index in [4.69, 9.17) is 14.9 Å². The van der Waals surface area contributed by atoms with Gasteiger partial charge in [-0.2, -0.15) is 10.2 Å². The summed E-state index contributed by atoms with van der Waals surface area (Å²) in [7, 11) is 0. The summed E-state index contributed by atoms with van der Waals surface area (Å²) < 4.78 is 11.2. The lowest BCUT2D eigenvalue weighted by molar-refractivity contribution is 0.102. The smallest absolute Gasteiger partial charge is 0.255 e. The Morgan fingerprint density at radius 2 is 2.18 bits per heavy atom. The fraction of sp³-hybridized carbons (Fsp3) is 0.318. The van der Waals surface area contributed by atoms with Gasteiger partial charge in [0, 0.05) is 41.5 Å². The number of amides is 1. The fourth-order valence-electron chi connectivity index (χ4n) is 3.80. The first-order chi connectivity index (χ1) is 16.0. The van der Waals surface area contributed by atoms with Crippen molar-refractivity contribution in [2.24, 2.45) is 0 Å². The Kier molecular flexibility index (Phi) is 5.38. The van der Waals surface area contributed by atoms with Gasteiger partial charge in [0.1, 0.15) is 12.1 Å². The third-order valence-electron chi connectivity index (χ3n) is 5.45. The van der Waals surface area contributed by atoms with Crippen molar-refractivity contribution in [1.29, 1.82) is 0 Å². The molecular formula is C22H24N8O3. The number of aliphatic hydroxyl groups is 1. The SMILES string of the molecule is CC(C)n1cnnc1-n1cc2c(n1)-c1cc(C(=O)Nc3cnn(CCO)c3)ccc1OCC2. The Hall–Kier alpha value is -3.99. The molecular weight excluding hydrogens is 424 g/mol. The molecule has 0 saturated heterocycles. The number of ether oxygens (including phenoxy) is 1. The van der Waals surface area contributed by atoms with Crippen molar-refractivity contribution in [1.82, 2.24) is 34.3 Å². The molecule has 0 unspecified atom stereocenters. The molecule has 33 heavy (non-hydrogen) atoms. The van der Waals surface area contributed by atoms with Crippen LogP contribution >= 0.6 is 0 Å². The number of anilines is 1. The number of hydrogen-bond acceptors (Lipinski definition) is 7. The van der Waals surface area contributed by atoms with Gasteiger partial charge < -0.3 is 15.2 Å². The van der Waals surface area contributed by atoms with Crippen LogP contribution in [0.2, 0.25) is 0 Å². The number of fused-ring (bicyclic) bond motifs is 3. The maximum atomic E-state index is 12.9. The van der Waals surface area contributed by atoms with E-state index in [-0.39, 0.29) is 18.6 Å². The third kappa shape index (κ3) is 3.98. The number of nitrogens with one attached hydrogen (secondary N) is 1. The normalized spacial score (nSPS) is 12.7. The summed E-state index contributed by atoms with van der Waals surface area (Å²) in [5, 5.41) is 29.0. The van der Waals surface area contributed by atoms with Gasteiger partial charge in [0.2, 0.25) is 0 Å². The molecule has 1 aliphatic heterocycles. The third-order valence-corrected chi connectivity index (χ3v) is 5.45. The summed E-state index contributed by atoms with van der Waals surface area (Å²) in [6, 6.07) is 5.50. The summed E-state index contributed by atoms with van der Waals surface area (Å²) in [6.07, 6.45) is 7.54. The van der Waals surface area contributed by atoms with Crippen LogP contribution in [0.1, 0.15) is 35.8 Å². The molecule has 0 fully saturated rings. The van der Waals surface area contributed by atoms with Gasteiger partial charge in [-0.25, -0.2) is 4.68 Å². The van der Waals surface area contributed by atoms with Crippen molar-refractivity contribution in [3.05, 3.63) is 54.2 Å². The first-order valence-corrected chi connectivity index (χ1v) is 10.7. The second-order valence-corrected chi connectivity index (χ2v) is 8.06. The molecule has 5 rings (SSSR count). The Bertz CT molecular complexity index is 1300. The molecule has 1 amide bonds. The highest BCUT2D eigenvalue weighted by Gasteiger charge is 2.23. The first-order valence-electron chi connectivity index (χ1n) is 10.7. The van der Waals surface area contributed by atoms with Crippen LogP contribution in [0, 0.1) is 0 Å². The van der Waals surface area contributed by atoms with Crippen LogP contribution in [0.25, 0.3) is 17.2 Å². The summed E-state index contributed by atoms with van der Waals surface area (Å²) in [6.45, 7) is 4.97. The van der Waals surface area contributed by atoms with Crippen molar-refractivity contribution in [2.75, 3.05) is 18.5 Å². The molecule has 0 bridgehead atoms. The number of rotatable bonds is 6. The summed E-state index contributed by atoms with van der Waals surface area (Å²) in [5.74, 6) is 1.04. The average molecular weight is 448 g/mol. The number of aliphatic hydroxyl groups excluding tert-OH is 1. The van der Waals surface area contributed by atoms with E-state index >= 15 is 0 Å². The van der Waals surface area contributed by atoms with Crippen molar-refractivity contribution in [3.8, 4) is 23.0 Å². The highest BCUT2D eigenvalue weighted by Crippen LogP contribution is 2.35. The monoisotopic (exact) mass is 448 g/mol. The number of benzene rings is 1. The van der Waals surface area contributed by atoms with Gasteiger partial charge in [-0.3, -0.25) is 14.0 Å². The number of carbonyl (C=O) groups excluding carboxylic acids is 1. The van der Waals surface area contributed by atoms with Crippen LogP contribution in [-0.4, -0.2) is 58.6 Å². The predicted octanol–water partition coefficient (Wildman–Crippen LogP) is 2.09.